The Labute approximate surface area is 154 Å². The van der Waals surface area contributed by atoms with Crippen LogP contribution in [0.2, 0.25) is 0 Å². The van der Waals surface area contributed by atoms with Crippen molar-refractivity contribution in [1.82, 2.24) is 10.6 Å². The second kappa shape index (κ2) is 8.64. The Kier molecular flexibility index (Phi) is 6.27. The van der Waals surface area contributed by atoms with Crippen LogP contribution in [0.25, 0.3) is 0 Å². The van der Waals surface area contributed by atoms with Crippen molar-refractivity contribution in [3.05, 3.63) is 35.4 Å². The van der Waals surface area contributed by atoms with E-state index in [2.05, 4.69) is 10.6 Å². The summed E-state index contributed by atoms with van der Waals surface area (Å²) in [6.45, 7) is 0. The van der Waals surface area contributed by atoms with Gasteiger partial charge in [-0.3, -0.25) is 9.59 Å². The van der Waals surface area contributed by atoms with E-state index in [0.29, 0.717) is 24.0 Å². The van der Waals surface area contributed by atoms with Gasteiger partial charge in [0, 0.05) is 0 Å². The van der Waals surface area contributed by atoms with Crippen LogP contribution in [0.1, 0.15) is 72.1 Å². The molecule has 2 fully saturated rings. The van der Waals surface area contributed by atoms with Gasteiger partial charge < -0.3 is 20.8 Å². The van der Waals surface area contributed by atoms with Crippen molar-refractivity contribution in [2.45, 2.75) is 75.7 Å². The first-order valence-electron chi connectivity index (χ1n) is 9.63. The molecular formula is C20H28N2O4. The molecule has 0 bridgehead atoms. The molecule has 26 heavy (non-hydrogen) atoms. The first-order valence-corrected chi connectivity index (χ1v) is 9.63. The zero-order valence-corrected chi connectivity index (χ0v) is 15.0. The Morgan fingerprint density at radius 1 is 0.731 bits per heavy atom. The van der Waals surface area contributed by atoms with Gasteiger partial charge in [-0.1, -0.05) is 37.8 Å². The molecule has 3 rings (SSSR count). The van der Waals surface area contributed by atoms with E-state index in [0.717, 1.165) is 38.5 Å². The minimum Gasteiger partial charge on any atom is -0.391 e. The van der Waals surface area contributed by atoms with Crippen molar-refractivity contribution in [1.29, 1.82) is 0 Å². The van der Waals surface area contributed by atoms with Gasteiger partial charge in [-0.2, -0.15) is 0 Å². The normalized spacial score (nSPS) is 29.0. The fourth-order valence-corrected chi connectivity index (χ4v) is 3.93. The molecule has 0 spiro atoms. The summed E-state index contributed by atoms with van der Waals surface area (Å²) in [5.41, 5.74) is 0.598. The number of aliphatic hydroxyl groups is 2. The predicted octanol–water partition coefficient (Wildman–Crippen LogP) is 1.75. The van der Waals surface area contributed by atoms with E-state index in [4.69, 9.17) is 0 Å². The highest BCUT2D eigenvalue weighted by Crippen LogP contribution is 2.21. The summed E-state index contributed by atoms with van der Waals surface area (Å²) >= 11 is 0. The summed E-state index contributed by atoms with van der Waals surface area (Å²) < 4.78 is 0. The third-order valence-corrected chi connectivity index (χ3v) is 5.51. The van der Waals surface area contributed by atoms with E-state index in [9.17, 15) is 19.8 Å². The van der Waals surface area contributed by atoms with Gasteiger partial charge >= 0.3 is 0 Å². The number of aliphatic hydroxyl groups excluding tert-OH is 2. The molecule has 6 nitrogen and oxygen atoms in total. The number of hydrogen-bond acceptors (Lipinski definition) is 4. The lowest BCUT2D eigenvalue weighted by Crippen LogP contribution is -2.47. The minimum atomic E-state index is -0.536. The second-order valence-corrected chi connectivity index (χ2v) is 7.41. The molecule has 6 heteroatoms. The molecule has 142 valence electrons. The van der Waals surface area contributed by atoms with Crippen LogP contribution in [0, 0.1) is 0 Å². The minimum absolute atomic E-state index is 0.271. The lowest BCUT2D eigenvalue weighted by Gasteiger charge is -2.29. The molecule has 4 N–H and O–H groups in total. The maximum atomic E-state index is 12.7. The fraction of sp³-hybridized carbons (Fsp3) is 0.600. The number of rotatable bonds is 4. The van der Waals surface area contributed by atoms with Crippen LogP contribution in [0.4, 0.5) is 0 Å². The summed E-state index contributed by atoms with van der Waals surface area (Å²) in [6.07, 6.45) is 5.68. The molecule has 4 atom stereocenters. The van der Waals surface area contributed by atoms with Crippen molar-refractivity contribution in [2.75, 3.05) is 0 Å². The van der Waals surface area contributed by atoms with Gasteiger partial charge in [-0.15, -0.1) is 0 Å². The van der Waals surface area contributed by atoms with Gasteiger partial charge in [0.2, 0.25) is 0 Å². The maximum Gasteiger partial charge on any atom is 0.252 e. The van der Waals surface area contributed by atoms with E-state index in [1.165, 1.54) is 0 Å². The van der Waals surface area contributed by atoms with Crippen LogP contribution >= 0.6 is 0 Å². The van der Waals surface area contributed by atoms with Crippen molar-refractivity contribution in [2.24, 2.45) is 0 Å². The number of carbonyl (C=O) groups is 2. The molecule has 0 aliphatic heterocycles. The summed E-state index contributed by atoms with van der Waals surface area (Å²) in [5, 5.41) is 25.9. The molecule has 0 unspecified atom stereocenters. The van der Waals surface area contributed by atoms with Gasteiger partial charge in [0.1, 0.15) is 0 Å². The van der Waals surface area contributed by atoms with Crippen LogP contribution in [0.3, 0.4) is 0 Å². The third-order valence-electron chi connectivity index (χ3n) is 5.51. The van der Waals surface area contributed by atoms with Crippen molar-refractivity contribution in [3.63, 3.8) is 0 Å². The lowest BCUT2D eigenvalue weighted by atomic mass is 9.91. The molecule has 1 aromatic rings. The summed E-state index contributed by atoms with van der Waals surface area (Å²) in [5.74, 6) is -0.684. The highest BCUT2D eigenvalue weighted by atomic mass is 16.3. The van der Waals surface area contributed by atoms with Crippen LogP contribution in [-0.4, -0.2) is 46.3 Å². The van der Waals surface area contributed by atoms with E-state index in [1.54, 1.807) is 24.3 Å². The van der Waals surface area contributed by atoms with E-state index in [1.807, 2.05) is 0 Å². The van der Waals surface area contributed by atoms with E-state index < -0.39 is 12.2 Å². The number of benzene rings is 1. The Morgan fingerprint density at radius 2 is 1.12 bits per heavy atom. The van der Waals surface area contributed by atoms with Crippen molar-refractivity contribution >= 4 is 11.8 Å². The number of carbonyl (C=O) groups excluding carboxylic acids is 2. The first kappa shape index (κ1) is 18.9. The molecule has 1 aromatic carbocycles. The molecule has 2 aliphatic carbocycles. The Bertz CT molecular complexity index is 593. The fourth-order valence-electron chi connectivity index (χ4n) is 3.93. The molecule has 0 radical (unpaired) electrons. The van der Waals surface area contributed by atoms with Crippen molar-refractivity contribution in [3.8, 4) is 0 Å². The van der Waals surface area contributed by atoms with Crippen LogP contribution in [0.15, 0.2) is 24.3 Å². The largest absolute Gasteiger partial charge is 0.391 e. The molecule has 0 heterocycles. The third kappa shape index (κ3) is 4.43. The number of amides is 2. The Morgan fingerprint density at radius 3 is 1.50 bits per heavy atom. The molecule has 0 aromatic heterocycles. The summed E-state index contributed by atoms with van der Waals surface area (Å²) in [6, 6.07) is 6.14. The lowest BCUT2D eigenvalue weighted by molar-refractivity contribution is 0.0696. The number of hydrogen-bond donors (Lipinski definition) is 4. The van der Waals surface area contributed by atoms with E-state index >= 15 is 0 Å². The SMILES string of the molecule is O=C(N[C@@H]1CCCC[C@@H]1O)c1ccccc1C(=O)N[C@@H]1CCCC[C@@H]1O. The predicted molar refractivity (Wildman–Crippen MR) is 97.9 cm³/mol. The quantitative estimate of drug-likeness (QED) is 0.657. The van der Waals surface area contributed by atoms with Gasteiger partial charge in [0.25, 0.3) is 11.8 Å². The van der Waals surface area contributed by atoms with Gasteiger partial charge in [0.15, 0.2) is 0 Å². The van der Waals surface area contributed by atoms with E-state index in [-0.39, 0.29) is 23.9 Å². The summed E-state index contributed by atoms with van der Waals surface area (Å²) in [7, 11) is 0. The smallest absolute Gasteiger partial charge is 0.252 e. The van der Waals surface area contributed by atoms with Crippen LogP contribution in [0.5, 0.6) is 0 Å². The molecular weight excluding hydrogens is 332 g/mol. The topological polar surface area (TPSA) is 98.7 Å². The average Bonchev–Trinajstić information content (AvgIpc) is 2.65. The molecule has 2 amide bonds. The highest BCUT2D eigenvalue weighted by Gasteiger charge is 2.28. The zero-order chi connectivity index (χ0) is 18.5. The first-order chi connectivity index (χ1) is 12.6. The standard InChI is InChI=1S/C20H28N2O4/c23-17-11-5-3-9-15(17)21-19(25)13-7-1-2-8-14(13)20(26)22-16-10-4-6-12-18(16)24/h1-2,7-8,15-18,23-24H,3-6,9-12H2,(H,21,25)(H,22,26)/t15-,16-,17+,18+/m1/s1. The summed E-state index contributed by atoms with van der Waals surface area (Å²) in [4.78, 5) is 25.4. The molecule has 0 saturated heterocycles. The second-order valence-electron chi connectivity index (χ2n) is 7.41. The monoisotopic (exact) mass is 360 g/mol. The molecule has 2 aliphatic rings. The van der Waals surface area contributed by atoms with Gasteiger partial charge in [-0.25, -0.2) is 0 Å². The number of nitrogens with one attached hydrogen (secondary N) is 2. The maximum absolute atomic E-state index is 12.7. The zero-order valence-electron chi connectivity index (χ0n) is 15.0. The Hall–Kier alpha value is -1.92. The highest BCUT2D eigenvalue weighted by molar-refractivity contribution is 6.07. The Balaban J connectivity index is 1.70. The molecule has 2 saturated carbocycles. The average molecular weight is 360 g/mol. The van der Waals surface area contributed by atoms with Crippen LogP contribution < -0.4 is 10.6 Å². The van der Waals surface area contributed by atoms with Gasteiger partial charge in [0.05, 0.1) is 35.4 Å². The van der Waals surface area contributed by atoms with Crippen LogP contribution in [-0.2, 0) is 0 Å². The van der Waals surface area contributed by atoms with Gasteiger partial charge in [-0.05, 0) is 37.8 Å². The van der Waals surface area contributed by atoms with Crippen molar-refractivity contribution < 1.29 is 19.8 Å².